The molecule has 0 fully saturated rings. The second-order valence-corrected chi connectivity index (χ2v) is 8.25. The van der Waals surface area contributed by atoms with E-state index in [0.717, 1.165) is 21.1 Å². The Bertz CT molecular complexity index is 668. The van der Waals surface area contributed by atoms with Crippen LogP contribution in [0.2, 0.25) is 0 Å². The van der Waals surface area contributed by atoms with Gasteiger partial charge in [-0.2, -0.15) is 0 Å². The number of anilines is 1. The highest BCUT2D eigenvalue weighted by Crippen LogP contribution is 2.48. The lowest BCUT2D eigenvalue weighted by atomic mass is 9.85. The van der Waals surface area contributed by atoms with Crippen LogP contribution in [0, 0.1) is 12.3 Å². The zero-order chi connectivity index (χ0) is 15.2. The van der Waals surface area contributed by atoms with E-state index < -0.39 is 0 Å². The van der Waals surface area contributed by atoms with Gasteiger partial charge in [-0.1, -0.05) is 38.1 Å². The number of halogens is 2. The van der Waals surface area contributed by atoms with Crippen molar-refractivity contribution in [1.29, 1.82) is 0 Å². The fourth-order valence-electron chi connectivity index (χ4n) is 3.25. The number of benzene rings is 2. The van der Waals surface area contributed by atoms with Crippen molar-refractivity contribution in [2.75, 3.05) is 5.32 Å². The summed E-state index contributed by atoms with van der Waals surface area (Å²) in [6.45, 7) is 6.77. The predicted molar refractivity (Wildman–Crippen MR) is 96.9 cm³/mol. The van der Waals surface area contributed by atoms with E-state index in [1.54, 1.807) is 0 Å². The molecule has 0 amide bonds. The van der Waals surface area contributed by atoms with E-state index in [1.807, 2.05) is 0 Å². The summed E-state index contributed by atoms with van der Waals surface area (Å²) in [5, 5.41) is 3.76. The first-order valence-corrected chi connectivity index (χ1v) is 8.77. The van der Waals surface area contributed by atoms with Gasteiger partial charge in [-0.3, -0.25) is 0 Å². The Labute approximate surface area is 143 Å². The molecule has 3 heteroatoms. The third kappa shape index (κ3) is 2.78. The summed E-state index contributed by atoms with van der Waals surface area (Å²) in [4.78, 5) is 0. The van der Waals surface area contributed by atoms with Crippen LogP contribution in [-0.4, -0.2) is 0 Å². The van der Waals surface area contributed by atoms with Crippen molar-refractivity contribution < 1.29 is 0 Å². The standard InChI is InChI=1S/C18H19Br2N/c1-11-8-14(19)16(15(20)9-11)21-17-13-7-5-4-6-12(13)10-18(17,2)3/h4-9,17,21H,10H2,1-3H3. The Hall–Kier alpha value is -0.800. The summed E-state index contributed by atoms with van der Waals surface area (Å²) in [5.74, 6) is 0. The maximum Gasteiger partial charge on any atom is 0.0634 e. The highest BCUT2D eigenvalue weighted by molar-refractivity contribution is 9.11. The molecule has 0 aliphatic heterocycles. The molecule has 2 aromatic rings. The summed E-state index contributed by atoms with van der Waals surface area (Å²) in [6, 6.07) is 13.4. The normalized spacial score (nSPS) is 19.4. The van der Waals surface area contributed by atoms with Gasteiger partial charge in [-0.25, -0.2) is 0 Å². The van der Waals surface area contributed by atoms with Gasteiger partial charge in [0, 0.05) is 8.95 Å². The molecule has 1 N–H and O–H groups in total. The molecule has 0 saturated carbocycles. The number of hydrogen-bond acceptors (Lipinski definition) is 1. The van der Waals surface area contributed by atoms with Gasteiger partial charge in [0.1, 0.15) is 0 Å². The van der Waals surface area contributed by atoms with Crippen molar-refractivity contribution in [2.45, 2.75) is 33.2 Å². The molecule has 1 aliphatic carbocycles. The second kappa shape index (κ2) is 5.44. The highest BCUT2D eigenvalue weighted by atomic mass is 79.9. The maximum absolute atomic E-state index is 3.76. The Kier molecular flexibility index (Phi) is 3.91. The molecule has 1 nitrogen and oxygen atoms in total. The van der Waals surface area contributed by atoms with Crippen molar-refractivity contribution in [3.8, 4) is 0 Å². The van der Waals surface area contributed by atoms with E-state index in [1.165, 1.54) is 16.7 Å². The maximum atomic E-state index is 3.76. The molecule has 1 aliphatic rings. The Morgan fingerprint density at radius 1 is 1.10 bits per heavy atom. The molecule has 3 rings (SSSR count). The molecule has 110 valence electrons. The number of hydrogen-bond donors (Lipinski definition) is 1. The lowest BCUT2D eigenvalue weighted by molar-refractivity contribution is 0.337. The summed E-state index contributed by atoms with van der Waals surface area (Å²) in [6.07, 6.45) is 1.11. The first-order chi connectivity index (χ1) is 9.88. The molecule has 0 spiro atoms. The van der Waals surface area contributed by atoms with Gasteiger partial charge in [0.25, 0.3) is 0 Å². The lowest BCUT2D eigenvalue weighted by Gasteiger charge is -2.30. The van der Waals surface area contributed by atoms with Crippen molar-refractivity contribution >= 4 is 37.5 Å². The molecule has 0 saturated heterocycles. The fourth-order valence-corrected chi connectivity index (χ4v) is 4.89. The van der Waals surface area contributed by atoms with Gasteiger partial charge in [0.15, 0.2) is 0 Å². The Morgan fingerprint density at radius 2 is 1.71 bits per heavy atom. The minimum atomic E-state index is 0.202. The van der Waals surface area contributed by atoms with Gasteiger partial charge < -0.3 is 5.32 Å². The molecule has 21 heavy (non-hydrogen) atoms. The van der Waals surface area contributed by atoms with Crippen LogP contribution >= 0.6 is 31.9 Å². The zero-order valence-electron chi connectivity index (χ0n) is 12.5. The first-order valence-electron chi connectivity index (χ1n) is 7.18. The Morgan fingerprint density at radius 3 is 2.38 bits per heavy atom. The molecular weight excluding hydrogens is 390 g/mol. The van der Waals surface area contributed by atoms with Crippen LogP contribution in [0.15, 0.2) is 45.3 Å². The summed E-state index contributed by atoms with van der Waals surface area (Å²) in [7, 11) is 0. The number of fused-ring (bicyclic) bond motifs is 1. The minimum Gasteiger partial charge on any atom is -0.376 e. The first kappa shape index (κ1) is 15.1. The summed E-state index contributed by atoms with van der Waals surface area (Å²) in [5.41, 5.74) is 5.45. The predicted octanol–water partition coefficient (Wildman–Crippen LogP) is 6.26. The largest absolute Gasteiger partial charge is 0.376 e. The van der Waals surface area contributed by atoms with Gasteiger partial charge in [-0.05, 0) is 79.4 Å². The van der Waals surface area contributed by atoms with Crippen molar-refractivity contribution in [2.24, 2.45) is 5.41 Å². The van der Waals surface area contributed by atoms with E-state index in [9.17, 15) is 0 Å². The highest BCUT2D eigenvalue weighted by Gasteiger charge is 2.39. The molecule has 1 unspecified atom stereocenters. The van der Waals surface area contributed by atoms with Crippen LogP contribution < -0.4 is 5.32 Å². The average molecular weight is 409 g/mol. The van der Waals surface area contributed by atoms with Gasteiger partial charge in [0.05, 0.1) is 11.7 Å². The lowest BCUT2D eigenvalue weighted by Crippen LogP contribution is -2.24. The third-order valence-corrected chi connectivity index (χ3v) is 5.52. The van der Waals surface area contributed by atoms with Gasteiger partial charge in [-0.15, -0.1) is 0 Å². The van der Waals surface area contributed by atoms with Crippen molar-refractivity contribution in [3.05, 3.63) is 62.0 Å². The molecule has 0 aromatic heterocycles. The quantitative estimate of drug-likeness (QED) is 0.618. The molecule has 1 atom stereocenters. The average Bonchev–Trinajstić information content (AvgIpc) is 2.63. The SMILES string of the molecule is Cc1cc(Br)c(NC2c3ccccc3CC2(C)C)c(Br)c1. The molecule has 0 heterocycles. The summed E-state index contributed by atoms with van der Waals surface area (Å²) >= 11 is 7.38. The Balaban J connectivity index is 2.02. The van der Waals surface area contributed by atoms with Crippen LogP contribution in [0.5, 0.6) is 0 Å². The van der Waals surface area contributed by atoms with Gasteiger partial charge >= 0.3 is 0 Å². The summed E-state index contributed by atoms with van der Waals surface area (Å²) < 4.78 is 2.21. The van der Waals surface area contributed by atoms with E-state index in [0.29, 0.717) is 6.04 Å². The molecular formula is C18H19Br2N. The van der Waals surface area contributed by atoms with Crippen LogP contribution in [0.3, 0.4) is 0 Å². The number of aryl methyl sites for hydroxylation is 1. The fraction of sp³-hybridized carbons (Fsp3) is 0.333. The topological polar surface area (TPSA) is 12.0 Å². The number of nitrogens with one attached hydrogen (secondary N) is 1. The molecule has 0 bridgehead atoms. The van der Waals surface area contributed by atoms with E-state index in [2.05, 4.69) is 94.3 Å². The zero-order valence-corrected chi connectivity index (χ0v) is 15.7. The van der Waals surface area contributed by atoms with Crippen molar-refractivity contribution in [1.82, 2.24) is 0 Å². The smallest absolute Gasteiger partial charge is 0.0634 e. The van der Waals surface area contributed by atoms with E-state index >= 15 is 0 Å². The van der Waals surface area contributed by atoms with Crippen LogP contribution in [0.1, 0.15) is 36.6 Å². The van der Waals surface area contributed by atoms with Crippen LogP contribution in [0.25, 0.3) is 0 Å². The minimum absolute atomic E-state index is 0.202. The van der Waals surface area contributed by atoms with E-state index in [4.69, 9.17) is 0 Å². The molecule has 0 radical (unpaired) electrons. The molecule has 2 aromatic carbocycles. The van der Waals surface area contributed by atoms with Crippen LogP contribution in [-0.2, 0) is 6.42 Å². The van der Waals surface area contributed by atoms with Crippen LogP contribution in [0.4, 0.5) is 5.69 Å². The van der Waals surface area contributed by atoms with E-state index in [-0.39, 0.29) is 5.41 Å². The van der Waals surface area contributed by atoms with Gasteiger partial charge in [0.2, 0.25) is 0 Å². The monoisotopic (exact) mass is 407 g/mol. The second-order valence-electron chi connectivity index (χ2n) is 6.55. The number of rotatable bonds is 2. The van der Waals surface area contributed by atoms with Crippen molar-refractivity contribution in [3.63, 3.8) is 0 Å². The third-order valence-electron chi connectivity index (χ3n) is 4.27.